The Balaban J connectivity index is 1.51. The Hall–Kier alpha value is -1.55. The van der Waals surface area contributed by atoms with Gasteiger partial charge in [-0.1, -0.05) is 6.07 Å². The Labute approximate surface area is 120 Å². The molecule has 0 radical (unpaired) electrons. The van der Waals surface area contributed by atoms with Crippen LogP contribution in [0.25, 0.3) is 0 Å². The fourth-order valence-electron chi connectivity index (χ4n) is 2.98. The van der Waals surface area contributed by atoms with Crippen molar-refractivity contribution >= 4 is 11.7 Å². The first kappa shape index (κ1) is 13.4. The highest BCUT2D eigenvalue weighted by molar-refractivity contribution is 5.90. The first-order chi connectivity index (χ1) is 9.63. The number of benzene rings is 1. The predicted molar refractivity (Wildman–Crippen MR) is 81.1 cm³/mol. The summed E-state index contributed by atoms with van der Waals surface area (Å²) < 4.78 is 0. The average Bonchev–Trinajstić information content (AvgIpc) is 2.86. The van der Waals surface area contributed by atoms with Gasteiger partial charge in [-0.15, -0.1) is 0 Å². The third kappa shape index (κ3) is 2.66. The van der Waals surface area contributed by atoms with Crippen LogP contribution in [0.15, 0.2) is 18.2 Å². The molecule has 0 spiro atoms. The SMILES string of the molecule is Cc1ccc(NC(=O)N2CC(N3CCCC3)C2)cc1C. The molecule has 2 aliphatic rings. The zero-order chi connectivity index (χ0) is 14.1. The maximum atomic E-state index is 12.1. The summed E-state index contributed by atoms with van der Waals surface area (Å²) in [5.74, 6) is 0. The van der Waals surface area contributed by atoms with E-state index >= 15 is 0 Å². The summed E-state index contributed by atoms with van der Waals surface area (Å²) in [6, 6.07) is 6.67. The van der Waals surface area contributed by atoms with Gasteiger partial charge in [0.1, 0.15) is 0 Å². The Morgan fingerprint density at radius 3 is 2.50 bits per heavy atom. The van der Waals surface area contributed by atoms with Crippen LogP contribution in [0.2, 0.25) is 0 Å². The van der Waals surface area contributed by atoms with Crippen molar-refractivity contribution in [1.29, 1.82) is 0 Å². The highest BCUT2D eigenvalue weighted by Gasteiger charge is 2.35. The number of nitrogens with zero attached hydrogens (tertiary/aromatic N) is 2. The van der Waals surface area contributed by atoms with Crippen molar-refractivity contribution in [2.75, 3.05) is 31.5 Å². The molecule has 20 heavy (non-hydrogen) atoms. The summed E-state index contributed by atoms with van der Waals surface area (Å²) in [4.78, 5) is 16.6. The molecule has 1 aromatic carbocycles. The first-order valence-electron chi connectivity index (χ1n) is 7.51. The molecule has 0 aliphatic carbocycles. The molecular formula is C16H23N3O. The Kier molecular flexibility index (Phi) is 3.66. The summed E-state index contributed by atoms with van der Waals surface area (Å²) in [5.41, 5.74) is 3.35. The fraction of sp³-hybridized carbons (Fsp3) is 0.562. The second-order valence-electron chi connectivity index (χ2n) is 6.03. The molecule has 0 saturated carbocycles. The predicted octanol–water partition coefficient (Wildman–Crippen LogP) is 2.62. The molecule has 0 atom stereocenters. The van der Waals surface area contributed by atoms with Gasteiger partial charge < -0.3 is 10.2 Å². The second kappa shape index (κ2) is 5.44. The van der Waals surface area contributed by atoms with Gasteiger partial charge in [0.15, 0.2) is 0 Å². The number of aryl methyl sites for hydroxylation is 2. The van der Waals surface area contributed by atoms with Gasteiger partial charge in [0.2, 0.25) is 0 Å². The topological polar surface area (TPSA) is 35.6 Å². The molecule has 2 amide bonds. The van der Waals surface area contributed by atoms with Crippen LogP contribution in [-0.4, -0.2) is 48.1 Å². The standard InChI is InChI=1S/C16H23N3O/c1-12-5-6-14(9-13(12)2)17-16(20)19-10-15(11-19)18-7-3-4-8-18/h5-6,9,15H,3-4,7-8,10-11H2,1-2H3,(H,17,20). The van der Waals surface area contributed by atoms with Crippen molar-refractivity contribution in [1.82, 2.24) is 9.80 Å². The van der Waals surface area contributed by atoms with E-state index in [4.69, 9.17) is 0 Å². The number of hydrogen-bond donors (Lipinski definition) is 1. The lowest BCUT2D eigenvalue weighted by molar-refractivity contribution is 0.0776. The van der Waals surface area contributed by atoms with Crippen LogP contribution in [-0.2, 0) is 0 Å². The number of urea groups is 1. The van der Waals surface area contributed by atoms with E-state index in [-0.39, 0.29) is 6.03 Å². The van der Waals surface area contributed by atoms with E-state index in [0.717, 1.165) is 18.8 Å². The number of carbonyl (C=O) groups excluding carboxylic acids is 1. The maximum Gasteiger partial charge on any atom is 0.321 e. The normalized spacial score (nSPS) is 20.0. The molecule has 3 rings (SSSR count). The van der Waals surface area contributed by atoms with Crippen LogP contribution in [0.5, 0.6) is 0 Å². The molecule has 2 fully saturated rings. The van der Waals surface area contributed by atoms with E-state index in [2.05, 4.69) is 24.1 Å². The number of carbonyl (C=O) groups is 1. The molecular weight excluding hydrogens is 250 g/mol. The van der Waals surface area contributed by atoms with Crippen molar-refractivity contribution < 1.29 is 4.79 Å². The Morgan fingerprint density at radius 1 is 1.15 bits per heavy atom. The van der Waals surface area contributed by atoms with Crippen LogP contribution in [0, 0.1) is 13.8 Å². The summed E-state index contributed by atoms with van der Waals surface area (Å²) in [7, 11) is 0. The van der Waals surface area contributed by atoms with Crippen molar-refractivity contribution in [2.24, 2.45) is 0 Å². The molecule has 2 saturated heterocycles. The summed E-state index contributed by atoms with van der Waals surface area (Å²) in [6.45, 7) is 8.30. The van der Waals surface area contributed by atoms with Crippen LogP contribution >= 0.6 is 0 Å². The highest BCUT2D eigenvalue weighted by atomic mass is 16.2. The lowest BCUT2D eigenvalue weighted by Gasteiger charge is -2.43. The van der Waals surface area contributed by atoms with Crippen LogP contribution in [0.3, 0.4) is 0 Å². The van der Waals surface area contributed by atoms with E-state index in [1.165, 1.54) is 37.1 Å². The number of likely N-dealkylation sites (tertiary alicyclic amines) is 2. The van der Waals surface area contributed by atoms with Gasteiger partial charge in [0.05, 0.1) is 0 Å². The van der Waals surface area contributed by atoms with Gasteiger partial charge in [0.25, 0.3) is 0 Å². The second-order valence-corrected chi connectivity index (χ2v) is 6.03. The third-order valence-electron chi connectivity index (χ3n) is 4.56. The number of hydrogen-bond acceptors (Lipinski definition) is 2. The Bertz CT molecular complexity index is 502. The summed E-state index contributed by atoms with van der Waals surface area (Å²) in [6.07, 6.45) is 2.62. The van der Waals surface area contributed by atoms with Crippen LogP contribution < -0.4 is 5.32 Å². The van der Waals surface area contributed by atoms with E-state index in [1.54, 1.807) is 0 Å². The molecule has 108 valence electrons. The molecule has 0 unspecified atom stereocenters. The minimum atomic E-state index is 0.0312. The van der Waals surface area contributed by atoms with E-state index in [1.807, 2.05) is 23.1 Å². The molecule has 0 bridgehead atoms. The average molecular weight is 273 g/mol. The number of anilines is 1. The molecule has 2 heterocycles. The summed E-state index contributed by atoms with van der Waals surface area (Å²) >= 11 is 0. The third-order valence-corrected chi connectivity index (χ3v) is 4.56. The summed E-state index contributed by atoms with van der Waals surface area (Å²) in [5, 5.41) is 2.99. The van der Waals surface area contributed by atoms with E-state index < -0.39 is 0 Å². The minimum absolute atomic E-state index is 0.0312. The van der Waals surface area contributed by atoms with Gasteiger partial charge in [0, 0.05) is 24.8 Å². The lowest BCUT2D eigenvalue weighted by atomic mass is 10.1. The van der Waals surface area contributed by atoms with E-state index in [9.17, 15) is 4.79 Å². The highest BCUT2D eigenvalue weighted by Crippen LogP contribution is 2.21. The largest absolute Gasteiger partial charge is 0.321 e. The van der Waals surface area contributed by atoms with Gasteiger partial charge in [-0.25, -0.2) is 4.79 Å². The van der Waals surface area contributed by atoms with Gasteiger partial charge in [-0.05, 0) is 63.0 Å². The minimum Gasteiger partial charge on any atom is -0.321 e. The van der Waals surface area contributed by atoms with Crippen LogP contribution in [0.4, 0.5) is 10.5 Å². The Morgan fingerprint density at radius 2 is 1.85 bits per heavy atom. The quantitative estimate of drug-likeness (QED) is 0.899. The monoisotopic (exact) mass is 273 g/mol. The lowest BCUT2D eigenvalue weighted by Crippen LogP contribution is -2.61. The van der Waals surface area contributed by atoms with Crippen LogP contribution in [0.1, 0.15) is 24.0 Å². The van der Waals surface area contributed by atoms with Crippen molar-refractivity contribution in [3.63, 3.8) is 0 Å². The zero-order valence-corrected chi connectivity index (χ0v) is 12.4. The molecule has 2 aliphatic heterocycles. The molecule has 1 aromatic rings. The fourth-order valence-corrected chi connectivity index (χ4v) is 2.98. The maximum absolute atomic E-state index is 12.1. The van der Waals surface area contributed by atoms with Gasteiger partial charge in [-0.3, -0.25) is 4.90 Å². The van der Waals surface area contributed by atoms with E-state index in [0.29, 0.717) is 6.04 Å². The molecule has 1 N–H and O–H groups in total. The van der Waals surface area contributed by atoms with Crippen molar-refractivity contribution in [3.05, 3.63) is 29.3 Å². The first-order valence-corrected chi connectivity index (χ1v) is 7.51. The molecule has 4 heteroatoms. The van der Waals surface area contributed by atoms with Crippen molar-refractivity contribution in [3.8, 4) is 0 Å². The van der Waals surface area contributed by atoms with Crippen molar-refractivity contribution in [2.45, 2.75) is 32.7 Å². The zero-order valence-electron chi connectivity index (χ0n) is 12.4. The smallest absolute Gasteiger partial charge is 0.321 e. The number of nitrogens with one attached hydrogen (secondary N) is 1. The number of amides is 2. The van der Waals surface area contributed by atoms with Gasteiger partial charge in [-0.2, -0.15) is 0 Å². The molecule has 4 nitrogen and oxygen atoms in total. The number of rotatable bonds is 2. The van der Waals surface area contributed by atoms with Gasteiger partial charge >= 0.3 is 6.03 Å². The molecule has 0 aromatic heterocycles.